The van der Waals surface area contributed by atoms with Crippen LogP contribution in [0.4, 0.5) is 27.8 Å². The minimum atomic E-state index is -4.63. The van der Waals surface area contributed by atoms with Crippen LogP contribution in [-0.2, 0) is 16.4 Å². The molecule has 0 radical (unpaired) electrons. The molecule has 9 nitrogen and oxygen atoms in total. The fourth-order valence-corrected chi connectivity index (χ4v) is 6.28. The highest BCUT2D eigenvalue weighted by atomic mass is 35.5. The van der Waals surface area contributed by atoms with Gasteiger partial charge in [0.2, 0.25) is 0 Å². The summed E-state index contributed by atoms with van der Waals surface area (Å²) in [7, 11) is -3.12. The third-order valence-corrected chi connectivity index (χ3v) is 9.06. The van der Waals surface area contributed by atoms with Crippen molar-refractivity contribution in [1.29, 1.82) is 0 Å². The molecule has 0 saturated heterocycles. The van der Waals surface area contributed by atoms with E-state index >= 15 is 0 Å². The zero-order valence-corrected chi connectivity index (χ0v) is 24.5. The van der Waals surface area contributed by atoms with Crippen molar-refractivity contribution < 1.29 is 39.9 Å². The minimum absolute atomic E-state index is 0.0268. The highest BCUT2D eigenvalue weighted by Gasteiger charge is 2.42. The number of ether oxygens (including phenoxy) is 1. The number of carbonyl (C=O) groups is 1. The van der Waals surface area contributed by atoms with E-state index in [9.17, 15) is 35.2 Å². The molecule has 2 aromatic rings. The number of aromatic nitrogens is 3. The van der Waals surface area contributed by atoms with E-state index in [2.05, 4.69) is 25.5 Å². The number of pyridine rings is 1. The molecule has 230 valence electrons. The van der Waals surface area contributed by atoms with Gasteiger partial charge in [0.05, 0.1) is 21.5 Å². The van der Waals surface area contributed by atoms with Crippen molar-refractivity contribution in [3.8, 4) is 17.0 Å². The van der Waals surface area contributed by atoms with Crippen molar-refractivity contribution in [3.05, 3.63) is 23.0 Å². The standard InChI is InChI=1S/C25H33ClF5N5O4S/c1-5-36-21(16-12-32-18(10-17(16)40-24(27)28)34-22(13(2)3)25(29,30)31)19(26)20(35-36)23(37)33-11-14-6-8-15(9-7-14)41(4,38)39/h10,12-15,22,24H,5-9,11H2,1-4H3,(H,32,34)(H,33,37). The van der Waals surface area contributed by atoms with E-state index in [1.54, 1.807) is 6.92 Å². The highest BCUT2D eigenvalue weighted by Crippen LogP contribution is 2.39. The number of hydrogen-bond acceptors (Lipinski definition) is 7. The topological polar surface area (TPSA) is 115 Å². The lowest BCUT2D eigenvalue weighted by atomic mass is 9.89. The van der Waals surface area contributed by atoms with Gasteiger partial charge in [-0.1, -0.05) is 25.4 Å². The zero-order valence-electron chi connectivity index (χ0n) is 22.9. The number of nitrogens with one attached hydrogen (secondary N) is 2. The average molecular weight is 630 g/mol. The maximum absolute atomic E-state index is 13.5. The number of anilines is 1. The number of carbonyl (C=O) groups excluding carboxylic acids is 1. The van der Waals surface area contributed by atoms with Crippen molar-refractivity contribution in [2.45, 2.75) is 77.1 Å². The van der Waals surface area contributed by atoms with Crippen LogP contribution in [0.1, 0.15) is 56.9 Å². The van der Waals surface area contributed by atoms with Crippen LogP contribution in [0, 0.1) is 11.8 Å². The van der Waals surface area contributed by atoms with Crippen LogP contribution in [0.25, 0.3) is 11.3 Å². The number of sulfone groups is 1. The van der Waals surface area contributed by atoms with Crippen molar-refractivity contribution in [2.75, 3.05) is 18.1 Å². The van der Waals surface area contributed by atoms with Crippen LogP contribution in [0.3, 0.4) is 0 Å². The van der Waals surface area contributed by atoms with Crippen LogP contribution >= 0.6 is 11.6 Å². The monoisotopic (exact) mass is 629 g/mol. The van der Waals surface area contributed by atoms with Crippen LogP contribution in [-0.4, -0.2) is 66.0 Å². The lowest BCUT2D eigenvalue weighted by Gasteiger charge is -2.27. The normalized spacial score (nSPS) is 18.9. The molecule has 1 atom stereocenters. The van der Waals surface area contributed by atoms with E-state index < -0.39 is 51.5 Å². The molecular formula is C25H33ClF5N5O4S. The average Bonchev–Trinajstić information content (AvgIpc) is 3.20. The lowest BCUT2D eigenvalue weighted by molar-refractivity contribution is -0.150. The van der Waals surface area contributed by atoms with Crippen molar-refractivity contribution in [2.24, 2.45) is 11.8 Å². The molecule has 1 unspecified atom stereocenters. The number of hydrogen-bond donors (Lipinski definition) is 2. The number of halogens is 6. The predicted octanol–water partition coefficient (Wildman–Crippen LogP) is 5.55. The Morgan fingerprint density at radius 3 is 2.37 bits per heavy atom. The lowest BCUT2D eigenvalue weighted by Crippen LogP contribution is -2.40. The highest BCUT2D eigenvalue weighted by molar-refractivity contribution is 7.91. The van der Waals surface area contributed by atoms with E-state index in [-0.39, 0.29) is 46.8 Å². The maximum Gasteiger partial charge on any atom is 0.408 e. The van der Waals surface area contributed by atoms with Gasteiger partial charge in [-0.05, 0) is 44.4 Å². The molecule has 41 heavy (non-hydrogen) atoms. The Labute approximate surface area is 240 Å². The van der Waals surface area contributed by atoms with Crippen molar-refractivity contribution in [1.82, 2.24) is 20.1 Å². The molecule has 0 spiro atoms. The van der Waals surface area contributed by atoms with Crippen LogP contribution in [0.2, 0.25) is 5.02 Å². The largest absolute Gasteiger partial charge is 0.434 e. The Morgan fingerprint density at radius 1 is 1.22 bits per heavy atom. The first-order valence-electron chi connectivity index (χ1n) is 13.0. The maximum atomic E-state index is 13.5. The Kier molecular flexibility index (Phi) is 10.5. The van der Waals surface area contributed by atoms with Gasteiger partial charge in [0.25, 0.3) is 5.91 Å². The van der Waals surface area contributed by atoms with Gasteiger partial charge in [0.15, 0.2) is 5.69 Å². The predicted molar refractivity (Wildman–Crippen MR) is 144 cm³/mol. The summed E-state index contributed by atoms with van der Waals surface area (Å²) in [6.07, 6.45) is -0.144. The van der Waals surface area contributed by atoms with Crippen molar-refractivity contribution >= 4 is 33.2 Å². The first-order chi connectivity index (χ1) is 19.0. The third-order valence-electron chi connectivity index (χ3n) is 7.02. The molecule has 3 rings (SSSR count). The first-order valence-corrected chi connectivity index (χ1v) is 15.4. The zero-order chi connectivity index (χ0) is 30.7. The van der Waals surface area contributed by atoms with E-state index in [4.69, 9.17) is 11.6 Å². The summed E-state index contributed by atoms with van der Waals surface area (Å²) in [6.45, 7) is 1.48. The molecule has 0 bridgehead atoms. The molecule has 16 heteroatoms. The van der Waals surface area contributed by atoms with Crippen molar-refractivity contribution in [3.63, 3.8) is 0 Å². The van der Waals surface area contributed by atoms with Crippen LogP contribution in [0.5, 0.6) is 5.75 Å². The fourth-order valence-electron chi connectivity index (χ4n) is 4.83. The number of amides is 1. The summed E-state index contributed by atoms with van der Waals surface area (Å²) in [5, 5.41) is 8.62. The SMILES string of the molecule is CCn1nc(C(=O)NCC2CCC(S(C)(=O)=O)CC2)c(Cl)c1-c1cnc(NC(C(C)C)C(F)(F)F)cc1OC(F)F. The quantitative estimate of drug-likeness (QED) is 0.313. The van der Waals surface area contributed by atoms with Gasteiger partial charge in [-0.3, -0.25) is 9.48 Å². The molecule has 1 aliphatic rings. The van der Waals surface area contributed by atoms with E-state index in [1.165, 1.54) is 24.8 Å². The molecule has 1 saturated carbocycles. The smallest absolute Gasteiger partial charge is 0.408 e. The van der Waals surface area contributed by atoms with Gasteiger partial charge in [-0.2, -0.15) is 27.1 Å². The Balaban J connectivity index is 1.86. The van der Waals surface area contributed by atoms with E-state index in [1.807, 2.05) is 0 Å². The summed E-state index contributed by atoms with van der Waals surface area (Å²) >= 11 is 6.52. The second-order valence-electron chi connectivity index (χ2n) is 10.4. The van der Waals surface area contributed by atoms with Gasteiger partial charge in [-0.15, -0.1) is 0 Å². The Hall–Kier alpha value is -2.68. The summed E-state index contributed by atoms with van der Waals surface area (Å²) < 4.78 is 96.4. The number of aryl methyl sites for hydroxylation is 1. The molecule has 0 aliphatic heterocycles. The fraction of sp³-hybridized carbons (Fsp3) is 0.640. The van der Waals surface area contributed by atoms with Gasteiger partial charge >= 0.3 is 12.8 Å². The summed E-state index contributed by atoms with van der Waals surface area (Å²) in [5.41, 5.74) is -0.254. The molecule has 2 aromatic heterocycles. The molecule has 2 N–H and O–H groups in total. The van der Waals surface area contributed by atoms with E-state index in [0.29, 0.717) is 25.7 Å². The van der Waals surface area contributed by atoms with Crippen LogP contribution < -0.4 is 15.4 Å². The Morgan fingerprint density at radius 2 is 1.85 bits per heavy atom. The second-order valence-corrected chi connectivity index (χ2v) is 13.1. The number of alkyl halides is 5. The van der Waals surface area contributed by atoms with Crippen LogP contribution in [0.15, 0.2) is 12.3 Å². The minimum Gasteiger partial charge on any atom is -0.434 e. The molecule has 1 amide bonds. The molecule has 1 aliphatic carbocycles. The Bertz CT molecular complexity index is 1330. The van der Waals surface area contributed by atoms with Gasteiger partial charge in [-0.25, -0.2) is 13.4 Å². The molecule has 0 aromatic carbocycles. The second kappa shape index (κ2) is 13.1. The first kappa shape index (κ1) is 32.8. The summed E-state index contributed by atoms with van der Waals surface area (Å²) in [5.74, 6) is -2.30. The number of nitrogens with zero attached hydrogens (tertiary/aromatic N) is 3. The number of rotatable bonds is 11. The summed E-state index contributed by atoms with van der Waals surface area (Å²) in [4.78, 5) is 17.0. The molecule has 2 heterocycles. The molecular weight excluding hydrogens is 597 g/mol. The van der Waals surface area contributed by atoms with Gasteiger partial charge in [0.1, 0.15) is 27.4 Å². The third kappa shape index (κ3) is 8.21. The summed E-state index contributed by atoms with van der Waals surface area (Å²) in [6, 6.07) is -1.08. The van der Waals surface area contributed by atoms with E-state index in [0.717, 1.165) is 12.3 Å². The van der Waals surface area contributed by atoms with Gasteiger partial charge < -0.3 is 15.4 Å². The molecule has 1 fully saturated rings. The van der Waals surface area contributed by atoms with Gasteiger partial charge in [0, 0.05) is 31.6 Å².